The van der Waals surface area contributed by atoms with Gasteiger partial charge in [0.05, 0.1) is 12.0 Å². The van der Waals surface area contributed by atoms with Crippen molar-refractivity contribution in [1.29, 1.82) is 0 Å². The molecule has 1 saturated heterocycles. The van der Waals surface area contributed by atoms with Crippen LogP contribution in [0, 0.1) is 13.8 Å². The van der Waals surface area contributed by atoms with Gasteiger partial charge in [0.2, 0.25) is 5.91 Å². The Balaban J connectivity index is 1.70. The minimum absolute atomic E-state index is 0.137. The second-order valence-corrected chi connectivity index (χ2v) is 10.7. The van der Waals surface area contributed by atoms with Crippen molar-refractivity contribution in [2.45, 2.75) is 77.7 Å². The van der Waals surface area contributed by atoms with E-state index in [9.17, 15) is 14.4 Å². The highest BCUT2D eigenvalue weighted by Crippen LogP contribution is 2.28. The number of carbonyl (C=O) groups excluding carboxylic acids is 3. The highest BCUT2D eigenvalue weighted by molar-refractivity contribution is 5.95. The van der Waals surface area contributed by atoms with Gasteiger partial charge in [0.25, 0.3) is 5.91 Å². The fourth-order valence-corrected chi connectivity index (χ4v) is 4.59. The molecule has 9 heteroatoms. The highest BCUT2D eigenvalue weighted by Gasteiger charge is 2.43. The minimum atomic E-state index is -1.05. The van der Waals surface area contributed by atoms with Crippen molar-refractivity contribution < 1.29 is 29.1 Å². The minimum Gasteiger partial charge on any atom is -0.489 e. The largest absolute Gasteiger partial charge is 0.489 e. The lowest BCUT2D eigenvalue weighted by atomic mass is 9.80. The van der Waals surface area contributed by atoms with E-state index in [1.807, 2.05) is 13.8 Å². The first-order chi connectivity index (χ1) is 17.4. The van der Waals surface area contributed by atoms with Crippen LogP contribution >= 0.6 is 0 Å². The molecule has 37 heavy (non-hydrogen) atoms. The van der Waals surface area contributed by atoms with E-state index in [2.05, 4.69) is 28.8 Å². The van der Waals surface area contributed by atoms with Gasteiger partial charge in [-0.1, -0.05) is 29.3 Å². The Morgan fingerprint density at radius 3 is 2.32 bits per heavy atom. The summed E-state index contributed by atoms with van der Waals surface area (Å²) < 4.78 is 11.4. The van der Waals surface area contributed by atoms with Crippen molar-refractivity contribution in [3.05, 3.63) is 64.7 Å². The molecule has 0 spiro atoms. The normalized spacial score (nSPS) is 19.6. The van der Waals surface area contributed by atoms with Crippen LogP contribution in [0.4, 0.5) is 0 Å². The number of hydrogen-bond acceptors (Lipinski definition) is 7. The van der Waals surface area contributed by atoms with E-state index in [1.165, 1.54) is 11.1 Å². The molecule has 1 aliphatic rings. The van der Waals surface area contributed by atoms with Crippen LogP contribution in [0.3, 0.4) is 0 Å². The summed E-state index contributed by atoms with van der Waals surface area (Å²) in [6, 6.07) is 12.3. The number of amides is 2. The van der Waals surface area contributed by atoms with Crippen LogP contribution in [0.5, 0.6) is 5.75 Å². The molecule has 3 rings (SSSR count). The van der Waals surface area contributed by atoms with Gasteiger partial charge in [-0.05, 0) is 83.8 Å². The first kappa shape index (κ1) is 28.1. The average molecular weight is 512 g/mol. The molecule has 1 aliphatic heterocycles. The summed E-state index contributed by atoms with van der Waals surface area (Å²) in [5, 5.41) is 15.2. The number of piperidine rings is 1. The molecule has 0 aliphatic carbocycles. The molecule has 9 nitrogen and oxygen atoms in total. The number of ether oxygens (including phenoxy) is 2. The van der Waals surface area contributed by atoms with Crippen LogP contribution in [0.1, 0.15) is 67.1 Å². The van der Waals surface area contributed by atoms with Gasteiger partial charge in [-0.15, -0.1) is 0 Å². The lowest BCUT2D eigenvalue weighted by molar-refractivity contribution is -0.159. The molecule has 2 atom stereocenters. The van der Waals surface area contributed by atoms with Crippen LogP contribution in [0.2, 0.25) is 0 Å². The molecule has 1 heterocycles. The zero-order valence-electron chi connectivity index (χ0n) is 22.1. The van der Waals surface area contributed by atoms with E-state index < -0.39 is 35.0 Å². The van der Waals surface area contributed by atoms with Crippen molar-refractivity contribution in [3.8, 4) is 5.75 Å². The van der Waals surface area contributed by atoms with E-state index in [4.69, 9.17) is 14.7 Å². The first-order valence-corrected chi connectivity index (χ1v) is 12.4. The van der Waals surface area contributed by atoms with E-state index in [1.54, 1.807) is 50.5 Å². The van der Waals surface area contributed by atoms with Crippen molar-refractivity contribution in [2.24, 2.45) is 0 Å². The van der Waals surface area contributed by atoms with Gasteiger partial charge in [-0.3, -0.25) is 19.6 Å². The number of nitrogens with one attached hydrogen (secondary N) is 3. The average Bonchev–Trinajstić information content (AvgIpc) is 2.81. The SMILES string of the molecule is Cc1cc(C)cc(COc2ccc(C(=O)NC3(CC(=O)NO)CCNC(C(=O)OC(C)(C)C)C3)cc2)c1. The Morgan fingerprint density at radius 1 is 1.08 bits per heavy atom. The lowest BCUT2D eigenvalue weighted by Crippen LogP contribution is -2.61. The second-order valence-electron chi connectivity index (χ2n) is 10.7. The fourth-order valence-electron chi connectivity index (χ4n) is 4.59. The van der Waals surface area contributed by atoms with Gasteiger partial charge >= 0.3 is 5.97 Å². The summed E-state index contributed by atoms with van der Waals surface area (Å²) in [7, 11) is 0. The Morgan fingerprint density at radius 2 is 1.73 bits per heavy atom. The molecule has 0 radical (unpaired) electrons. The van der Waals surface area contributed by atoms with Gasteiger partial charge in [0, 0.05) is 5.56 Å². The predicted molar refractivity (Wildman–Crippen MR) is 138 cm³/mol. The van der Waals surface area contributed by atoms with E-state index in [0.29, 0.717) is 30.9 Å². The molecule has 4 N–H and O–H groups in total. The molecular weight excluding hydrogens is 474 g/mol. The number of hydrogen-bond donors (Lipinski definition) is 4. The van der Waals surface area contributed by atoms with Crippen LogP contribution in [-0.4, -0.2) is 46.7 Å². The fraction of sp³-hybridized carbons (Fsp3) is 0.464. The van der Waals surface area contributed by atoms with Crippen molar-refractivity contribution in [3.63, 3.8) is 0 Å². The number of benzene rings is 2. The summed E-state index contributed by atoms with van der Waals surface area (Å²) in [5.41, 5.74) is 3.69. The monoisotopic (exact) mass is 511 g/mol. The standard InChI is InChI=1S/C28H37N3O6/c1-18-12-19(2)14-20(13-18)17-36-22-8-6-21(7-9-22)25(33)30-28(16-24(32)31-35)10-11-29-23(15-28)26(34)37-27(3,4)5/h6-9,12-14,23,29,35H,10-11,15-17H2,1-5H3,(H,30,33)(H,31,32). The molecule has 0 bridgehead atoms. The number of carbonyl (C=O) groups is 3. The second kappa shape index (κ2) is 11.7. The Labute approximate surface area is 217 Å². The third-order valence-electron chi connectivity index (χ3n) is 6.09. The summed E-state index contributed by atoms with van der Waals surface area (Å²) in [5.74, 6) is -0.880. The summed E-state index contributed by atoms with van der Waals surface area (Å²) in [4.78, 5) is 38.0. The zero-order valence-corrected chi connectivity index (χ0v) is 22.1. The molecule has 0 aromatic heterocycles. The highest BCUT2D eigenvalue weighted by atomic mass is 16.6. The number of aryl methyl sites for hydroxylation is 2. The third-order valence-corrected chi connectivity index (χ3v) is 6.09. The first-order valence-electron chi connectivity index (χ1n) is 12.4. The maximum Gasteiger partial charge on any atom is 0.323 e. The predicted octanol–water partition coefficient (Wildman–Crippen LogP) is 3.34. The molecule has 2 aromatic carbocycles. The van der Waals surface area contributed by atoms with E-state index in [-0.39, 0.29) is 12.8 Å². The zero-order chi connectivity index (χ0) is 27.2. The number of esters is 1. The van der Waals surface area contributed by atoms with E-state index in [0.717, 1.165) is 5.56 Å². The molecule has 200 valence electrons. The van der Waals surface area contributed by atoms with Gasteiger partial charge in [-0.25, -0.2) is 5.48 Å². The molecule has 1 fully saturated rings. The van der Waals surface area contributed by atoms with Crippen LogP contribution in [-0.2, 0) is 20.9 Å². The van der Waals surface area contributed by atoms with Gasteiger partial charge < -0.3 is 20.1 Å². The smallest absolute Gasteiger partial charge is 0.323 e. The Hall–Kier alpha value is -3.43. The molecule has 2 unspecified atom stereocenters. The van der Waals surface area contributed by atoms with Crippen molar-refractivity contribution in [1.82, 2.24) is 16.1 Å². The summed E-state index contributed by atoms with van der Waals surface area (Å²) in [6.07, 6.45) is 0.341. The van der Waals surface area contributed by atoms with E-state index >= 15 is 0 Å². The lowest BCUT2D eigenvalue weighted by Gasteiger charge is -2.41. The van der Waals surface area contributed by atoms with Crippen molar-refractivity contribution >= 4 is 17.8 Å². The summed E-state index contributed by atoms with van der Waals surface area (Å²) >= 11 is 0. The van der Waals surface area contributed by atoms with Crippen molar-refractivity contribution in [2.75, 3.05) is 6.54 Å². The number of rotatable bonds is 8. The van der Waals surface area contributed by atoms with Crippen LogP contribution in [0.25, 0.3) is 0 Å². The quantitative estimate of drug-likeness (QED) is 0.243. The van der Waals surface area contributed by atoms with Crippen LogP contribution < -0.4 is 20.9 Å². The topological polar surface area (TPSA) is 126 Å². The maximum absolute atomic E-state index is 13.2. The summed E-state index contributed by atoms with van der Waals surface area (Å²) in [6.45, 7) is 10.2. The van der Waals surface area contributed by atoms with Crippen LogP contribution in [0.15, 0.2) is 42.5 Å². The molecule has 2 aromatic rings. The van der Waals surface area contributed by atoms with Gasteiger partial charge in [0.15, 0.2) is 0 Å². The van der Waals surface area contributed by atoms with Gasteiger partial charge in [0.1, 0.15) is 24.0 Å². The molecule has 0 saturated carbocycles. The third kappa shape index (κ3) is 8.30. The Bertz CT molecular complexity index is 1110. The molecular formula is C28H37N3O6. The van der Waals surface area contributed by atoms with Gasteiger partial charge in [-0.2, -0.15) is 0 Å². The Kier molecular flexibility index (Phi) is 8.94. The number of hydroxylamine groups is 1. The maximum atomic E-state index is 13.2. The molecule has 2 amide bonds.